The number of benzene rings is 1. The molecule has 0 aliphatic carbocycles. The number of aromatic nitrogens is 3. The van der Waals surface area contributed by atoms with Gasteiger partial charge < -0.3 is 16.4 Å². The highest BCUT2D eigenvalue weighted by Crippen LogP contribution is 2.40. The maximum atomic E-state index is 14.1. The number of anilines is 2. The normalized spacial score (nSPS) is 18.3. The van der Waals surface area contributed by atoms with Crippen LogP contribution in [0.5, 0.6) is 0 Å². The molecule has 0 saturated carbocycles. The Morgan fingerprint density at radius 1 is 1.37 bits per heavy atom. The van der Waals surface area contributed by atoms with Crippen molar-refractivity contribution in [1.29, 1.82) is 0 Å². The molecule has 1 aliphatic rings. The predicted molar refractivity (Wildman–Crippen MR) is 105 cm³/mol. The average Bonchev–Trinajstić information content (AvgIpc) is 3.25. The first-order chi connectivity index (χ1) is 13.0. The largest absolute Gasteiger partial charge is 0.393 e. The van der Waals surface area contributed by atoms with Crippen LogP contribution in [0.15, 0.2) is 36.7 Å². The van der Waals surface area contributed by atoms with Gasteiger partial charge in [0.1, 0.15) is 11.5 Å². The summed E-state index contributed by atoms with van der Waals surface area (Å²) in [4.78, 5) is 6.51. The third kappa shape index (κ3) is 3.35. The number of halogens is 1. The number of nitrogens with zero attached hydrogens (tertiary/aromatic N) is 4. The topological polar surface area (TPSA) is 85.5 Å². The Bertz CT molecular complexity index is 951. The van der Waals surface area contributed by atoms with Crippen LogP contribution >= 0.6 is 0 Å². The standard InChI is InChI=1S/C20H25FN6/c1-13(22)5-6-14-7-8-15(21)12-16(14)17-4-2-10-26(17)20-18(23)19-24-9-3-11-27(19)25-20/h3,7-9,11-13,17H,2,4-6,10,22-23H2,1H3/t13-,17-/m1/s1. The number of hydrogen-bond donors (Lipinski definition) is 2. The van der Waals surface area contributed by atoms with Crippen molar-refractivity contribution in [3.8, 4) is 0 Å². The summed E-state index contributed by atoms with van der Waals surface area (Å²) in [5.74, 6) is 0.504. The molecule has 142 valence electrons. The number of aryl methyl sites for hydroxylation is 1. The van der Waals surface area contributed by atoms with E-state index in [1.807, 2.05) is 25.3 Å². The van der Waals surface area contributed by atoms with Gasteiger partial charge in [-0.2, -0.15) is 0 Å². The summed E-state index contributed by atoms with van der Waals surface area (Å²) in [6, 6.07) is 7.06. The molecule has 7 heteroatoms. The highest BCUT2D eigenvalue weighted by atomic mass is 19.1. The van der Waals surface area contributed by atoms with E-state index < -0.39 is 0 Å². The lowest BCUT2D eigenvalue weighted by Crippen LogP contribution is -2.25. The second kappa shape index (κ2) is 7.15. The fourth-order valence-electron chi connectivity index (χ4n) is 3.94. The molecule has 0 spiro atoms. The molecule has 1 aliphatic heterocycles. The first kappa shape index (κ1) is 17.7. The van der Waals surface area contributed by atoms with Crippen molar-refractivity contribution in [3.63, 3.8) is 0 Å². The molecule has 0 amide bonds. The lowest BCUT2D eigenvalue weighted by molar-refractivity contribution is 0.609. The van der Waals surface area contributed by atoms with Gasteiger partial charge in [-0.1, -0.05) is 6.07 Å². The molecular weight excluding hydrogens is 343 g/mol. The monoisotopic (exact) mass is 368 g/mol. The van der Waals surface area contributed by atoms with Crippen molar-refractivity contribution in [2.45, 2.75) is 44.7 Å². The fraction of sp³-hybridized carbons (Fsp3) is 0.400. The van der Waals surface area contributed by atoms with Crippen LogP contribution in [-0.2, 0) is 6.42 Å². The van der Waals surface area contributed by atoms with Crippen LogP contribution in [0.25, 0.3) is 5.65 Å². The first-order valence-corrected chi connectivity index (χ1v) is 9.44. The minimum absolute atomic E-state index is 0.0518. The smallest absolute Gasteiger partial charge is 0.180 e. The molecule has 4 N–H and O–H groups in total. The number of nitrogens with two attached hydrogens (primary N) is 2. The van der Waals surface area contributed by atoms with Gasteiger partial charge in [0, 0.05) is 25.0 Å². The first-order valence-electron chi connectivity index (χ1n) is 9.44. The van der Waals surface area contributed by atoms with Gasteiger partial charge in [0.05, 0.1) is 6.04 Å². The number of fused-ring (bicyclic) bond motifs is 1. The number of hydrogen-bond acceptors (Lipinski definition) is 5. The fourth-order valence-corrected chi connectivity index (χ4v) is 3.94. The van der Waals surface area contributed by atoms with E-state index in [1.54, 1.807) is 16.8 Å². The predicted octanol–water partition coefficient (Wildman–Crippen LogP) is 3.07. The average molecular weight is 368 g/mol. The van der Waals surface area contributed by atoms with E-state index in [9.17, 15) is 4.39 Å². The van der Waals surface area contributed by atoms with Crippen molar-refractivity contribution in [2.24, 2.45) is 5.73 Å². The van der Waals surface area contributed by atoms with E-state index in [4.69, 9.17) is 11.5 Å². The van der Waals surface area contributed by atoms with Gasteiger partial charge in [0.15, 0.2) is 11.5 Å². The minimum Gasteiger partial charge on any atom is -0.393 e. The van der Waals surface area contributed by atoms with Gasteiger partial charge in [0.2, 0.25) is 0 Å². The molecule has 3 heterocycles. The summed E-state index contributed by atoms with van der Waals surface area (Å²) in [5, 5.41) is 4.64. The third-order valence-corrected chi connectivity index (χ3v) is 5.27. The number of rotatable bonds is 5. The highest BCUT2D eigenvalue weighted by Gasteiger charge is 2.31. The van der Waals surface area contributed by atoms with Crippen molar-refractivity contribution < 1.29 is 4.39 Å². The zero-order valence-electron chi connectivity index (χ0n) is 15.5. The molecule has 0 bridgehead atoms. The second-order valence-electron chi connectivity index (χ2n) is 7.34. The summed E-state index contributed by atoms with van der Waals surface area (Å²) in [7, 11) is 0. The maximum absolute atomic E-state index is 14.1. The van der Waals surface area contributed by atoms with Crippen LogP contribution in [0.3, 0.4) is 0 Å². The molecule has 2 aromatic heterocycles. The van der Waals surface area contributed by atoms with E-state index in [2.05, 4.69) is 15.0 Å². The third-order valence-electron chi connectivity index (χ3n) is 5.27. The van der Waals surface area contributed by atoms with Crippen molar-refractivity contribution in [2.75, 3.05) is 17.2 Å². The lowest BCUT2D eigenvalue weighted by atomic mass is 9.94. The SMILES string of the molecule is C[C@@H](N)CCc1ccc(F)cc1[C@H]1CCCN1c1nn2cccnc2c1N. The van der Waals surface area contributed by atoms with E-state index in [0.29, 0.717) is 11.3 Å². The minimum atomic E-state index is -0.217. The molecule has 1 aromatic carbocycles. The van der Waals surface area contributed by atoms with Gasteiger partial charge >= 0.3 is 0 Å². The molecule has 0 radical (unpaired) electrons. The number of nitrogen functional groups attached to an aromatic ring is 1. The molecule has 3 aromatic rings. The molecule has 1 saturated heterocycles. The molecule has 1 fully saturated rings. The summed E-state index contributed by atoms with van der Waals surface area (Å²) >= 11 is 0. The van der Waals surface area contributed by atoms with Gasteiger partial charge in [-0.05, 0) is 61.9 Å². The molecule has 6 nitrogen and oxygen atoms in total. The van der Waals surface area contributed by atoms with E-state index in [-0.39, 0.29) is 17.9 Å². The van der Waals surface area contributed by atoms with E-state index in [0.717, 1.165) is 49.2 Å². The zero-order chi connectivity index (χ0) is 19.0. The highest BCUT2D eigenvalue weighted by molar-refractivity contribution is 5.78. The Kier molecular flexibility index (Phi) is 4.70. The van der Waals surface area contributed by atoms with E-state index in [1.165, 1.54) is 6.07 Å². The van der Waals surface area contributed by atoms with Crippen molar-refractivity contribution in [3.05, 3.63) is 53.6 Å². The molecular formula is C20H25FN6. The van der Waals surface area contributed by atoms with Gasteiger partial charge in [0.25, 0.3) is 0 Å². The molecule has 2 atom stereocenters. The summed E-state index contributed by atoms with van der Waals surface area (Å²) in [6.45, 7) is 2.83. The Balaban J connectivity index is 1.73. The van der Waals surface area contributed by atoms with Crippen LogP contribution in [0.4, 0.5) is 15.9 Å². The molecule has 4 rings (SSSR count). The molecule has 0 unspecified atom stereocenters. The molecule has 27 heavy (non-hydrogen) atoms. The van der Waals surface area contributed by atoms with Crippen LogP contribution in [0.1, 0.15) is 43.4 Å². The summed E-state index contributed by atoms with van der Waals surface area (Å²) in [6.07, 6.45) is 7.19. The Morgan fingerprint density at radius 2 is 2.22 bits per heavy atom. The van der Waals surface area contributed by atoms with Gasteiger partial charge in [-0.3, -0.25) is 0 Å². The van der Waals surface area contributed by atoms with Gasteiger partial charge in [-0.25, -0.2) is 13.9 Å². The lowest BCUT2D eigenvalue weighted by Gasteiger charge is -2.27. The van der Waals surface area contributed by atoms with Crippen molar-refractivity contribution >= 4 is 17.2 Å². The van der Waals surface area contributed by atoms with Gasteiger partial charge in [-0.15, -0.1) is 5.10 Å². The summed E-state index contributed by atoms with van der Waals surface area (Å²) in [5.41, 5.74) is 15.7. The van der Waals surface area contributed by atoms with E-state index >= 15 is 0 Å². The van der Waals surface area contributed by atoms with Crippen LogP contribution in [0, 0.1) is 5.82 Å². The Morgan fingerprint density at radius 3 is 3.00 bits per heavy atom. The second-order valence-corrected chi connectivity index (χ2v) is 7.34. The quantitative estimate of drug-likeness (QED) is 0.723. The zero-order valence-corrected chi connectivity index (χ0v) is 15.5. The van der Waals surface area contributed by atoms with Crippen LogP contribution < -0.4 is 16.4 Å². The summed E-state index contributed by atoms with van der Waals surface area (Å²) < 4.78 is 15.8. The maximum Gasteiger partial charge on any atom is 0.180 e. The van der Waals surface area contributed by atoms with Crippen molar-refractivity contribution in [1.82, 2.24) is 14.6 Å². The Hall–Kier alpha value is -2.67. The van der Waals surface area contributed by atoms with Crippen LogP contribution in [-0.4, -0.2) is 27.2 Å². The Labute approximate surface area is 158 Å². The van der Waals surface area contributed by atoms with Crippen LogP contribution in [0.2, 0.25) is 0 Å².